The van der Waals surface area contributed by atoms with Crippen LogP contribution in [0.2, 0.25) is 0 Å². The van der Waals surface area contributed by atoms with E-state index in [0.717, 1.165) is 17.1 Å². The van der Waals surface area contributed by atoms with Gasteiger partial charge in [0, 0.05) is 0 Å². The highest BCUT2D eigenvalue weighted by molar-refractivity contribution is 5.55. The van der Waals surface area contributed by atoms with E-state index in [4.69, 9.17) is 19.3 Å². The van der Waals surface area contributed by atoms with Gasteiger partial charge in [-0.1, -0.05) is 12.1 Å². The van der Waals surface area contributed by atoms with Crippen molar-refractivity contribution in [1.82, 2.24) is 10.2 Å². The van der Waals surface area contributed by atoms with Crippen molar-refractivity contribution in [2.75, 3.05) is 5.73 Å². The minimum atomic E-state index is 0.164. The van der Waals surface area contributed by atoms with Crippen molar-refractivity contribution >= 4 is 5.69 Å². The van der Waals surface area contributed by atoms with Crippen LogP contribution in [0.15, 0.2) is 39.2 Å². The minimum absolute atomic E-state index is 0.164. The number of furan rings is 1. The Labute approximate surface area is 121 Å². The Kier molecular flexibility index (Phi) is 3.35. The lowest BCUT2D eigenvalue weighted by atomic mass is 10.2. The summed E-state index contributed by atoms with van der Waals surface area (Å²) in [5.41, 5.74) is 7.16. The third-order valence-electron chi connectivity index (χ3n) is 3.01. The predicted molar refractivity (Wildman–Crippen MR) is 76.7 cm³/mol. The minimum Gasteiger partial charge on any atom is -0.482 e. The van der Waals surface area contributed by atoms with Crippen LogP contribution in [-0.2, 0) is 6.61 Å². The molecule has 0 aliphatic heterocycles. The molecule has 0 fully saturated rings. The molecule has 2 N–H and O–H groups in total. The van der Waals surface area contributed by atoms with E-state index in [1.54, 1.807) is 12.1 Å². The first kappa shape index (κ1) is 13.2. The molecule has 0 amide bonds. The van der Waals surface area contributed by atoms with Gasteiger partial charge in [-0.3, -0.25) is 0 Å². The van der Waals surface area contributed by atoms with Crippen LogP contribution in [0.5, 0.6) is 5.75 Å². The Morgan fingerprint density at radius 1 is 1.14 bits per heavy atom. The molecule has 0 saturated heterocycles. The third kappa shape index (κ3) is 2.74. The first-order valence-electron chi connectivity index (χ1n) is 6.50. The zero-order valence-electron chi connectivity index (χ0n) is 11.8. The summed E-state index contributed by atoms with van der Waals surface area (Å²) >= 11 is 0. The lowest BCUT2D eigenvalue weighted by Crippen LogP contribution is -1.98. The molecule has 0 unspecified atom stereocenters. The van der Waals surface area contributed by atoms with E-state index in [1.807, 2.05) is 32.0 Å². The van der Waals surface area contributed by atoms with Crippen LogP contribution in [0.25, 0.3) is 11.5 Å². The van der Waals surface area contributed by atoms with Crippen LogP contribution in [0, 0.1) is 13.8 Å². The Bertz CT molecular complexity index is 761. The van der Waals surface area contributed by atoms with Gasteiger partial charge >= 0.3 is 0 Å². The van der Waals surface area contributed by atoms with Crippen molar-refractivity contribution in [3.05, 3.63) is 47.7 Å². The molecule has 0 radical (unpaired) electrons. The van der Waals surface area contributed by atoms with Crippen molar-refractivity contribution in [1.29, 1.82) is 0 Å². The fourth-order valence-corrected chi connectivity index (χ4v) is 2.02. The second kappa shape index (κ2) is 5.32. The van der Waals surface area contributed by atoms with Crippen molar-refractivity contribution in [2.45, 2.75) is 20.5 Å². The van der Waals surface area contributed by atoms with E-state index in [2.05, 4.69) is 10.2 Å². The van der Waals surface area contributed by atoms with Crippen LogP contribution < -0.4 is 10.5 Å². The largest absolute Gasteiger partial charge is 0.482 e. The van der Waals surface area contributed by atoms with Gasteiger partial charge in [0.1, 0.15) is 17.3 Å². The topological polar surface area (TPSA) is 87.3 Å². The summed E-state index contributed by atoms with van der Waals surface area (Å²) in [6.45, 7) is 3.89. The van der Waals surface area contributed by atoms with Crippen LogP contribution in [0.4, 0.5) is 5.69 Å². The molecule has 3 aromatic rings. The summed E-state index contributed by atoms with van der Waals surface area (Å²) in [5, 5.41) is 7.97. The number of para-hydroxylation sites is 2. The van der Waals surface area contributed by atoms with E-state index in [1.165, 1.54) is 0 Å². The normalized spacial score (nSPS) is 10.8. The lowest BCUT2D eigenvalue weighted by molar-refractivity contribution is 0.266. The highest BCUT2D eigenvalue weighted by Gasteiger charge is 2.15. The fraction of sp³-hybridized carbons (Fsp3) is 0.200. The number of hydrogen-bond acceptors (Lipinski definition) is 6. The maximum atomic E-state index is 5.80. The number of nitrogen functional groups attached to an aromatic ring is 1. The van der Waals surface area contributed by atoms with Gasteiger partial charge in [0.15, 0.2) is 6.61 Å². The number of anilines is 1. The molecule has 6 heteroatoms. The highest BCUT2D eigenvalue weighted by Crippen LogP contribution is 2.26. The number of aromatic nitrogens is 2. The smallest absolute Gasteiger partial charge is 0.254 e. The van der Waals surface area contributed by atoms with Gasteiger partial charge in [-0.05, 0) is 32.0 Å². The van der Waals surface area contributed by atoms with Gasteiger partial charge < -0.3 is 19.3 Å². The summed E-state index contributed by atoms with van der Waals surface area (Å²) in [5.74, 6) is 2.94. The molecule has 0 aliphatic rings. The van der Waals surface area contributed by atoms with E-state index < -0.39 is 0 Å². The van der Waals surface area contributed by atoms with Crippen LogP contribution in [0.1, 0.15) is 17.4 Å². The number of nitrogens with two attached hydrogens (primary N) is 1. The first-order chi connectivity index (χ1) is 10.1. The predicted octanol–water partition coefficient (Wildman–Crippen LogP) is 3.11. The average molecular weight is 285 g/mol. The van der Waals surface area contributed by atoms with Gasteiger partial charge in [-0.15, -0.1) is 10.2 Å². The van der Waals surface area contributed by atoms with Gasteiger partial charge in [-0.2, -0.15) is 0 Å². The summed E-state index contributed by atoms with van der Waals surface area (Å²) in [6, 6.07) is 9.12. The molecule has 1 aromatic carbocycles. The summed E-state index contributed by atoms with van der Waals surface area (Å²) in [7, 11) is 0. The van der Waals surface area contributed by atoms with Gasteiger partial charge in [0.2, 0.25) is 0 Å². The average Bonchev–Trinajstić information content (AvgIpc) is 3.04. The molecule has 0 aliphatic carbocycles. The second-order valence-electron chi connectivity index (χ2n) is 4.65. The van der Waals surface area contributed by atoms with E-state index in [-0.39, 0.29) is 6.61 Å². The molecule has 2 aromatic heterocycles. The molecule has 0 bridgehead atoms. The Morgan fingerprint density at radius 3 is 2.67 bits per heavy atom. The van der Waals surface area contributed by atoms with Crippen molar-refractivity contribution in [2.24, 2.45) is 0 Å². The molecule has 3 rings (SSSR count). The lowest BCUT2D eigenvalue weighted by Gasteiger charge is -2.05. The quantitative estimate of drug-likeness (QED) is 0.741. The van der Waals surface area contributed by atoms with Crippen LogP contribution >= 0.6 is 0 Å². The molecule has 6 nitrogen and oxygen atoms in total. The molecule has 0 spiro atoms. The van der Waals surface area contributed by atoms with Crippen molar-refractivity contribution in [3.8, 4) is 17.2 Å². The maximum Gasteiger partial charge on any atom is 0.254 e. The van der Waals surface area contributed by atoms with Gasteiger partial charge in [-0.25, -0.2) is 0 Å². The van der Waals surface area contributed by atoms with E-state index >= 15 is 0 Å². The first-order valence-corrected chi connectivity index (χ1v) is 6.50. The Hall–Kier alpha value is -2.76. The number of rotatable bonds is 4. The van der Waals surface area contributed by atoms with Crippen LogP contribution in [-0.4, -0.2) is 10.2 Å². The van der Waals surface area contributed by atoms with E-state index in [9.17, 15) is 0 Å². The Morgan fingerprint density at radius 2 is 1.95 bits per heavy atom. The number of aryl methyl sites for hydroxylation is 2. The Balaban J connectivity index is 1.74. The molecule has 2 heterocycles. The number of nitrogens with zero attached hydrogens (tertiary/aromatic N) is 2. The molecular formula is C15H15N3O3. The molecule has 0 saturated carbocycles. The maximum absolute atomic E-state index is 5.80. The monoisotopic (exact) mass is 285 g/mol. The number of benzene rings is 1. The standard InChI is InChI=1S/C15H15N3O3/c1-9-7-11(10(2)20-9)15-18-17-14(21-15)8-19-13-6-4-3-5-12(13)16/h3-7H,8,16H2,1-2H3. The summed E-state index contributed by atoms with van der Waals surface area (Å²) in [4.78, 5) is 0. The van der Waals surface area contributed by atoms with Gasteiger partial charge in [0.05, 0.1) is 11.3 Å². The summed E-state index contributed by atoms with van der Waals surface area (Å²) in [6.07, 6.45) is 0. The second-order valence-corrected chi connectivity index (χ2v) is 4.65. The zero-order chi connectivity index (χ0) is 14.8. The van der Waals surface area contributed by atoms with Crippen molar-refractivity contribution < 1.29 is 13.6 Å². The number of hydrogen-bond donors (Lipinski definition) is 1. The third-order valence-corrected chi connectivity index (χ3v) is 3.01. The zero-order valence-corrected chi connectivity index (χ0v) is 11.8. The molecule has 21 heavy (non-hydrogen) atoms. The fourth-order valence-electron chi connectivity index (χ4n) is 2.02. The highest BCUT2D eigenvalue weighted by atomic mass is 16.5. The van der Waals surface area contributed by atoms with E-state index in [0.29, 0.717) is 23.2 Å². The SMILES string of the molecule is Cc1cc(-c2nnc(COc3ccccc3N)o2)c(C)o1. The number of ether oxygens (including phenoxy) is 1. The summed E-state index contributed by atoms with van der Waals surface area (Å²) < 4.78 is 16.6. The molecule has 0 atom stereocenters. The van der Waals surface area contributed by atoms with Crippen molar-refractivity contribution in [3.63, 3.8) is 0 Å². The molecule has 108 valence electrons. The van der Waals surface area contributed by atoms with Crippen LogP contribution in [0.3, 0.4) is 0 Å². The van der Waals surface area contributed by atoms with Gasteiger partial charge in [0.25, 0.3) is 11.8 Å². The molecular weight excluding hydrogens is 270 g/mol.